The predicted molar refractivity (Wildman–Crippen MR) is 104 cm³/mol. The van der Waals surface area contributed by atoms with Gasteiger partial charge in [0.2, 0.25) is 0 Å². The van der Waals surface area contributed by atoms with Gasteiger partial charge < -0.3 is 15.4 Å². The number of aromatic nitrogens is 1. The van der Waals surface area contributed by atoms with Crippen molar-refractivity contribution in [3.63, 3.8) is 0 Å². The van der Waals surface area contributed by atoms with Gasteiger partial charge in [0.25, 0.3) is 5.91 Å². The number of benzene rings is 1. The summed E-state index contributed by atoms with van der Waals surface area (Å²) in [5.41, 5.74) is 1.45. The highest BCUT2D eigenvalue weighted by molar-refractivity contribution is 5.94. The van der Waals surface area contributed by atoms with E-state index in [2.05, 4.69) is 15.6 Å². The molecule has 1 aromatic carbocycles. The van der Waals surface area contributed by atoms with Crippen LogP contribution < -0.4 is 15.4 Å². The summed E-state index contributed by atoms with van der Waals surface area (Å²) in [5, 5.41) is 6.37. The van der Waals surface area contributed by atoms with Crippen molar-refractivity contribution in [2.45, 2.75) is 58.1 Å². The zero-order valence-electron chi connectivity index (χ0n) is 15.5. The Hall–Kier alpha value is -2.56. The van der Waals surface area contributed by atoms with Crippen LogP contribution in [0.25, 0.3) is 0 Å². The average molecular weight is 353 g/mol. The highest BCUT2D eigenvalue weighted by atomic mass is 16.5. The van der Waals surface area contributed by atoms with Crippen LogP contribution >= 0.6 is 0 Å². The van der Waals surface area contributed by atoms with Crippen molar-refractivity contribution < 1.29 is 9.53 Å². The van der Waals surface area contributed by atoms with Crippen molar-refractivity contribution in [1.29, 1.82) is 0 Å². The van der Waals surface area contributed by atoms with Gasteiger partial charge >= 0.3 is 0 Å². The summed E-state index contributed by atoms with van der Waals surface area (Å²) < 4.78 is 5.81. The molecule has 1 fully saturated rings. The first kappa shape index (κ1) is 18.2. The molecule has 0 spiro atoms. The second-order valence-electron chi connectivity index (χ2n) is 7.03. The SMILES string of the molecule is CC(C)Oc1ccccc1Nc1ccc(C(=O)NC2CCCCC2)cn1. The van der Waals surface area contributed by atoms with Crippen molar-refractivity contribution in [2.24, 2.45) is 0 Å². The number of carbonyl (C=O) groups is 1. The van der Waals surface area contributed by atoms with Gasteiger partial charge in [0.15, 0.2) is 0 Å². The van der Waals surface area contributed by atoms with Gasteiger partial charge in [-0.15, -0.1) is 0 Å². The minimum Gasteiger partial charge on any atom is -0.489 e. The van der Waals surface area contributed by atoms with Crippen LogP contribution in [0.1, 0.15) is 56.3 Å². The predicted octanol–water partition coefficient (Wildman–Crippen LogP) is 4.67. The van der Waals surface area contributed by atoms with E-state index in [-0.39, 0.29) is 12.0 Å². The van der Waals surface area contributed by atoms with Crippen LogP contribution in [-0.4, -0.2) is 23.0 Å². The number of nitrogens with one attached hydrogen (secondary N) is 2. The zero-order valence-corrected chi connectivity index (χ0v) is 15.5. The quantitative estimate of drug-likeness (QED) is 0.792. The van der Waals surface area contributed by atoms with E-state index in [4.69, 9.17) is 4.74 Å². The number of rotatable bonds is 6. The van der Waals surface area contributed by atoms with Crippen LogP contribution in [0.5, 0.6) is 5.75 Å². The Morgan fingerprint density at radius 1 is 1.12 bits per heavy atom. The number of nitrogens with zero attached hydrogens (tertiary/aromatic N) is 1. The molecule has 0 unspecified atom stereocenters. The van der Waals surface area contributed by atoms with E-state index in [1.54, 1.807) is 12.3 Å². The summed E-state index contributed by atoms with van der Waals surface area (Å²) >= 11 is 0. The standard InChI is InChI=1S/C21H27N3O2/c1-15(2)26-19-11-7-6-10-18(19)24-20-13-12-16(14-22-20)21(25)23-17-8-4-3-5-9-17/h6-7,10-15,17H,3-5,8-9H2,1-2H3,(H,22,24)(H,23,25). The molecule has 2 aromatic rings. The third-order valence-corrected chi connectivity index (χ3v) is 4.48. The number of amides is 1. The molecule has 5 heteroatoms. The van der Waals surface area contributed by atoms with E-state index < -0.39 is 0 Å². The van der Waals surface area contributed by atoms with Gasteiger partial charge in [-0.05, 0) is 51.0 Å². The maximum atomic E-state index is 12.4. The summed E-state index contributed by atoms with van der Waals surface area (Å²) in [6.07, 6.45) is 7.53. The summed E-state index contributed by atoms with van der Waals surface area (Å²) in [7, 11) is 0. The minimum atomic E-state index is -0.0421. The Morgan fingerprint density at radius 3 is 2.58 bits per heavy atom. The Kier molecular flexibility index (Phi) is 6.10. The Balaban J connectivity index is 1.63. The Morgan fingerprint density at radius 2 is 1.88 bits per heavy atom. The first-order chi connectivity index (χ1) is 12.6. The highest BCUT2D eigenvalue weighted by Crippen LogP contribution is 2.27. The molecule has 3 rings (SSSR count). The first-order valence-corrected chi connectivity index (χ1v) is 9.41. The monoisotopic (exact) mass is 353 g/mol. The average Bonchev–Trinajstić information content (AvgIpc) is 2.64. The number of hydrogen-bond donors (Lipinski definition) is 2. The normalized spacial score (nSPS) is 14.9. The first-order valence-electron chi connectivity index (χ1n) is 9.41. The van der Waals surface area contributed by atoms with E-state index in [9.17, 15) is 4.79 Å². The van der Waals surface area contributed by atoms with Gasteiger partial charge in [0.1, 0.15) is 11.6 Å². The number of hydrogen-bond acceptors (Lipinski definition) is 4. The third-order valence-electron chi connectivity index (χ3n) is 4.48. The highest BCUT2D eigenvalue weighted by Gasteiger charge is 2.17. The van der Waals surface area contributed by atoms with Gasteiger partial charge in [-0.1, -0.05) is 31.4 Å². The molecule has 1 aromatic heterocycles. The van der Waals surface area contributed by atoms with E-state index in [0.717, 1.165) is 24.3 Å². The molecule has 1 heterocycles. The van der Waals surface area contributed by atoms with Crippen molar-refractivity contribution in [3.05, 3.63) is 48.2 Å². The molecular formula is C21H27N3O2. The van der Waals surface area contributed by atoms with Gasteiger partial charge in [0.05, 0.1) is 17.4 Å². The Bertz CT molecular complexity index is 722. The number of pyridine rings is 1. The molecule has 5 nitrogen and oxygen atoms in total. The van der Waals surface area contributed by atoms with Crippen molar-refractivity contribution in [3.8, 4) is 5.75 Å². The van der Waals surface area contributed by atoms with E-state index in [1.165, 1.54) is 19.3 Å². The molecule has 138 valence electrons. The largest absolute Gasteiger partial charge is 0.489 e. The summed E-state index contributed by atoms with van der Waals surface area (Å²) in [6.45, 7) is 3.99. The molecule has 1 amide bonds. The summed E-state index contributed by atoms with van der Waals surface area (Å²) in [4.78, 5) is 16.7. The summed E-state index contributed by atoms with van der Waals surface area (Å²) in [6, 6.07) is 11.7. The van der Waals surface area contributed by atoms with E-state index >= 15 is 0 Å². The van der Waals surface area contributed by atoms with Crippen LogP contribution in [0.4, 0.5) is 11.5 Å². The minimum absolute atomic E-state index is 0.0421. The second-order valence-corrected chi connectivity index (χ2v) is 7.03. The van der Waals surface area contributed by atoms with E-state index in [0.29, 0.717) is 17.4 Å². The van der Waals surface area contributed by atoms with E-state index in [1.807, 2.05) is 44.2 Å². The molecule has 2 N–H and O–H groups in total. The fraction of sp³-hybridized carbons (Fsp3) is 0.429. The second kappa shape index (κ2) is 8.70. The maximum absolute atomic E-state index is 12.4. The number of carbonyl (C=O) groups excluding carboxylic acids is 1. The lowest BCUT2D eigenvalue weighted by Crippen LogP contribution is -2.36. The van der Waals surface area contributed by atoms with Crippen LogP contribution in [0, 0.1) is 0 Å². The van der Waals surface area contributed by atoms with Gasteiger partial charge in [-0.2, -0.15) is 0 Å². The van der Waals surface area contributed by atoms with Crippen LogP contribution in [0.15, 0.2) is 42.6 Å². The molecule has 0 aliphatic heterocycles. The molecule has 1 aliphatic carbocycles. The molecule has 1 saturated carbocycles. The number of para-hydroxylation sites is 2. The molecule has 0 atom stereocenters. The van der Waals surface area contributed by atoms with Crippen LogP contribution in [0.2, 0.25) is 0 Å². The van der Waals surface area contributed by atoms with Gasteiger partial charge in [-0.25, -0.2) is 4.98 Å². The smallest absolute Gasteiger partial charge is 0.253 e. The van der Waals surface area contributed by atoms with Crippen LogP contribution in [-0.2, 0) is 0 Å². The molecule has 0 saturated heterocycles. The Labute approximate surface area is 155 Å². The molecule has 26 heavy (non-hydrogen) atoms. The zero-order chi connectivity index (χ0) is 18.4. The molecule has 0 bridgehead atoms. The number of anilines is 2. The molecule has 0 radical (unpaired) electrons. The lowest BCUT2D eigenvalue weighted by molar-refractivity contribution is 0.0927. The molecule has 1 aliphatic rings. The fourth-order valence-corrected chi connectivity index (χ4v) is 3.18. The summed E-state index contributed by atoms with van der Waals surface area (Å²) in [5.74, 6) is 1.42. The van der Waals surface area contributed by atoms with Gasteiger partial charge in [-0.3, -0.25) is 4.79 Å². The third kappa shape index (κ3) is 4.97. The number of ether oxygens (including phenoxy) is 1. The van der Waals surface area contributed by atoms with Crippen molar-refractivity contribution >= 4 is 17.4 Å². The lowest BCUT2D eigenvalue weighted by Gasteiger charge is -2.22. The lowest BCUT2D eigenvalue weighted by atomic mass is 9.95. The van der Waals surface area contributed by atoms with Crippen molar-refractivity contribution in [2.75, 3.05) is 5.32 Å². The molecular weight excluding hydrogens is 326 g/mol. The van der Waals surface area contributed by atoms with Crippen molar-refractivity contribution in [1.82, 2.24) is 10.3 Å². The topological polar surface area (TPSA) is 63.2 Å². The fourth-order valence-electron chi connectivity index (χ4n) is 3.18. The van der Waals surface area contributed by atoms with Crippen LogP contribution in [0.3, 0.4) is 0 Å². The maximum Gasteiger partial charge on any atom is 0.253 e. The van der Waals surface area contributed by atoms with Gasteiger partial charge in [0, 0.05) is 12.2 Å².